The Morgan fingerprint density at radius 2 is 1.74 bits per heavy atom. The first kappa shape index (κ1) is 17.4. The zero-order valence-corrected chi connectivity index (χ0v) is 14.8. The summed E-state index contributed by atoms with van der Waals surface area (Å²) in [7, 11) is 0. The highest BCUT2D eigenvalue weighted by molar-refractivity contribution is 5.85. The molecular weight excluding hydrogens is 346 g/mol. The Balaban J connectivity index is 1.25. The van der Waals surface area contributed by atoms with Gasteiger partial charge in [-0.1, -0.05) is 36.4 Å². The van der Waals surface area contributed by atoms with E-state index in [0.717, 1.165) is 19.5 Å². The van der Waals surface area contributed by atoms with Crippen molar-refractivity contribution in [2.75, 3.05) is 19.7 Å². The molecule has 0 unspecified atom stereocenters. The van der Waals surface area contributed by atoms with E-state index in [1.165, 1.54) is 11.1 Å². The summed E-state index contributed by atoms with van der Waals surface area (Å²) < 4.78 is 11.1. The molecule has 0 aliphatic carbocycles. The number of hydrazine groups is 1. The predicted octanol–water partition coefficient (Wildman–Crippen LogP) is 1.03. The number of carbonyl (C=O) groups excluding carboxylic acids is 2. The van der Waals surface area contributed by atoms with Crippen LogP contribution in [0.15, 0.2) is 48.5 Å². The molecule has 1 atom stereocenters. The molecule has 4 rings (SSSR count). The second-order valence-corrected chi connectivity index (χ2v) is 6.63. The van der Waals surface area contributed by atoms with Crippen LogP contribution in [0.3, 0.4) is 0 Å². The standard InChI is InChI=1S/C20H21N3O4/c24-19(12-23-10-9-14-5-1-2-6-15(14)11-23)21-22-20(25)18-13-26-16-7-3-4-8-17(16)27-18/h1-8,18H,9-13H2,(H,21,24)(H,22,25)/t18-/m0/s1. The highest BCUT2D eigenvalue weighted by atomic mass is 16.6. The Morgan fingerprint density at radius 3 is 2.59 bits per heavy atom. The average Bonchev–Trinajstić information content (AvgIpc) is 2.71. The van der Waals surface area contributed by atoms with E-state index < -0.39 is 12.0 Å². The van der Waals surface area contributed by atoms with Crippen LogP contribution in [0.2, 0.25) is 0 Å². The zero-order valence-electron chi connectivity index (χ0n) is 14.8. The lowest BCUT2D eigenvalue weighted by Gasteiger charge is -2.28. The van der Waals surface area contributed by atoms with Gasteiger partial charge in [-0.25, -0.2) is 0 Å². The molecule has 7 nitrogen and oxygen atoms in total. The molecule has 2 heterocycles. The third kappa shape index (κ3) is 4.03. The molecule has 0 aromatic heterocycles. The second kappa shape index (κ2) is 7.67. The summed E-state index contributed by atoms with van der Waals surface area (Å²) in [4.78, 5) is 26.4. The topological polar surface area (TPSA) is 79.9 Å². The number of carbonyl (C=O) groups is 2. The molecule has 2 aromatic carbocycles. The minimum atomic E-state index is -0.804. The van der Waals surface area contributed by atoms with E-state index in [-0.39, 0.29) is 19.1 Å². The van der Waals surface area contributed by atoms with E-state index in [4.69, 9.17) is 9.47 Å². The van der Waals surface area contributed by atoms with Gasteiger partial charge < -0.3 is 9.47 Å². The van der Waals surface area contributed by atoms with Crippen LogP contribution in [-0.2, 0) is 22.6 Å². The Kier molecular flexibility index (Phi) is 4.93. The van der Waals surface area contributed by atoms with Crippen molar-refractivity contribution in [2.24, 2.45) is 0 Å². The molecule has 0 bridgehead atoms. The van der Waals surface area contributed by atoms with Crippen LogP contribution in [0.4, 0.5) is 0 Å². The van der Waals surface area contributed by atoms with Crippen LogP contribution < -0.4 is 20.3 Å². The van der Waals surface area contributed by atoms with Crippen molar-refractivity contribution in [3.63, 3.8) is 0 Å². The van der Waals surface area contributed by atoms with Gasteiger partial charge in [0.1, 0.15) is 6.61 Å². The number of fused-ring (bicyclic) bond motifs is 2. The lowest BCUT2D eigenvalue weighted by Crippen LogP contribution is -2.52. The molecule has 0 fully saturated rings. The summed E-state index contributed by atoms with van der Waals surface area (Å²) in [6, 6.07) is 15.4. The van der Waals surface area contributed by atoms with Crippen molar-refractivity contribution in [1.29, 1.82) is 0 Å². The van der Waals surface area contributed by atoms with Gasteiger partial charge in [-0.2, -0.15) is 0 Å². The summed E-state index contributed by atoms with van der Waals surface area (Å²) >= 11 is 0. The average molecular weight is 367 g/mol. The van der Waals surface area contributed by atoms with Gasteiger partial charge in [0.2, 0.25) is 6.10 Å². The molecule has 0 radical (unpaired) electrons. The fraction of sp³-hybridized carbons (Fsp3) is 0.300. The quantitative estimate of drug-likeness (QED) is 0.793. The number of hydrogen-bond acceptors (Lipinski definition) is 5. The minimum Gasteiger partial charge on any atom is -0.485 e. The molecule has 0 saturated carbocycles. The maximum atomic E-state index is 12.2. The smallest absolute Gasteiger partial charge is 0.283 e. The number of hydrogen-bond donors (Lipinski definition) is 2. The van der Waals surface area contributed by atoms with Crippen LogP contribution in [0.25, 0.3) is 0 Å². The van der Waals surface area contributed by atoms with Crippen molar-refractivity contribution < 1.29 is 19.1 Å². The number of para-hydroxylation sites is 2. The van der Waals surface area contributed by atoms with Gasteiger partial charge in [0.15, 0.2) is 11.5 Å². The first-order valence-electron chi connectivity index (χ1n) is 8.95. The maximum absolute atomic E-state index is 12.2. The molecule has 140 valence electrons. The van der Waals surface area contributed by atoms with Crippen molar-refractivity contribution in [3.05, 3.63) is 59.7 Å². The molecule has 2 aromatic rings. The van der Waals surface area contributed by atoms with Crippen LogP contribution in [0, 0.1) is 0 Å². The van der Waals surface area contributed by atoms with E-state index in [2.05, 4.69) is 27.9 Å². The lowest BCUT2D eigenvalue weighted by atomic mass is 10.00. The third-order valence-electron chi connectivity index (χ3n) is 4.70. The summed E-state index contributed by atoms with van der Waals surface area (Å²) in [5.41, 5.74) is 7.45. The van der Waals surface area contributed by atoms with Gasteiger partial charge in [0.25, 0.3) is 11.8 Å². The zero-order chi connectivity index (χ0) is 18.6. The molecule has 7 heteroatoms. The number of rotatable bonds is 3. The Bertz CT molecular complexity index is 855. The second-order valence-electron chi connectivity index (χ2n) is 6.63. The van der Waals surface area contributed by atoms with E-state index in [0.29, 0.717) is 11.5 Å². The number of ether oxygens (including phenoxy) is 2. The van der Waals surface area contributed by atoms with E-state index >= 15 is 0 Å². The van der Waals surface area contributed by atoms with Gasteiger partial charge in [0.05, 0.1) is 6.54 Å². The molecule has 2 aliphatic heterocycles. The first-order chi connectivity index (χ1) is 13.2. The van der Waals surface area contributed by atoms with Crippen LogP contribution >= 0.6 is 0 Å². The number of amides is 2. The monoisotopic (exact) mass is 367 g/mol. The minimum absolute atomic E-state index is 0.0988. The van der Waals surface area contributed by atoms with Gasteiger partial charge in [0, 0.05) is 13.1 Å². The summed E-state index contributed by atoms with van der Waals surface area (Å²) in [5, 5.41) is 0. The Hall–Kier alpha value is -3.06. The molecular formula is C20H21N3O4. The third-order valence-corrected chi connectivity index (χ3v) is 4.70. The largest absolute Gasteiger partial charge is 0.485 e. The van der Waals surface area contributed by atoms with Crippen molar-refractivity contribution in [1.82, 2.24) is 15.8 Å². The number of benzene rings is 2. The SMILES string of the molecule is O=C(CN1CCc2ccccc2C1)NNC(=O)[C@@H]1COc2ccccc2O1. The molecule has 27 heavy (non-hydrogen) atoms. The fourth-order valence-corrected chi connectivity index (χ4v) is 3.29. The highest BCUT2D eigenvalue weighted by Crippen LogP contribution is 2.30. The van der Waals surface area contributed by atoms with Crippen molar-refractivity contribution >= 4 is 11.8 Å². The maximum Gasteiger partial charge on any atom is 0.283 e. The van der Waals surface area contributed by atoms with Crippen LogP contribution in [0.5, 0.6) is 11.5 Å². The fourth-order valence-electron chi connectivity index (χ4n) is 3.29. The highest BCUT2D eigenvalue weighted by Gasteiger charge is 2.27. The van der Waals surface area contributed by atoms with E-state index in [1.54, 1.807) is 18.2 Å². The van der Waals surface area contributed by atoms with E-state index in [1.807, 2.05) is 18.2 Å². The molecule has 2 amide bonds. The van der Waals surface area contributed by atoms with Crippen LogP contribution in [-0.4, -0.2) is 42.5 Å². The normalized spacial score (nSPS) is 18.3. The molecule has 2 N–H and O–H groups in total. The number of nitrogens with one attached hydrogen (secondary N) is 2. The number of nitrogens with zero attached hydrogens (tertiary/aromatic N) is 1. The van der Waals surface area contributed by atoms with E-state index in [9.17, 15) is 9.59 Å². The lowest BCUT2D eigenvalue weighted by molar-refractivity contribution is -0.135. The predicted molar refractivity (Wildman–Crippen MR) is 98.1 cm³/mol. The van der Waals surface area contributed by atoms with Crippen LogP contribution in [0.1, 0.15) is 11.1 Å². The van der Waals surface area contributed by atoms with Gasteiger partial charge in [-0.05, 0) is 29.7 Å². The van der Waals surface area contributed by atoms with Gasteiger partial charge >= 0.3 is 0 Å². The summed E-state index contributed by atoms with van der Waals surface area (Å²) in [6.45, 7) is 1.86. The van der Waals surface area contributed by atoms with Gasteiger partial charge in [-0.15, -0.1) is 0 Å². The Morgan fingerprint density at radius 1 is 1.00 bits per heavy atom. The van der Waals surface area contributed by atoms with Crippen molar-refractivity contribution in [2.45, 2.75) is 19.1 Å². The molecule has 2 aliphatic rings. The van der Waals surface area contributed by atoms with Gasteiger partial charge in [-0.3, -0.25) is 25.3 Å². The molecule has 0 spiro atoms. The summed E-state index contributed by atoms with van der Waals surface area (Å²) in [6.07, 6.45) is 0.115. The Labute approximate surface area is 157 Å². The summed E-state index contributed by atoms with van der Waals surface area (Å²) in [5.74, 6) is 0.417. The molecule has 0 saturated heterocycles. The first-order valence-corrected chi connectivity index (χ1v) is 8.95. The van der Waals surface area contributed by atoms with Crippen molar-refractivity contribution in [3.8, 4) is 11.5 Å².